The fourth-order valence-corrected chi connectivity index (χ4v) is 5.45. The molecule has 3 heterocycles. The van der Waals surface area contributed by atoms with Crippen LogP contribution in [0.2, 0.25) is 0 Å². The van der Waals surface area contributed by atoms with Crippen molar-refractivity contribution in [3.05, 3.63) is 34.4 Å². The lowest BCUT2D eigenvalue weighted by Crippen LogP contribution is -2.38. The van der Waals surface area contributed by atoms with Gasteiger partial charge in [-0.05, 0) is 49.7 Å². The molecule has 1 atom stereocenters. The van der Waals surface area contributed by atoms with Gasteiger partial charge in [0.05, 0.1) is 6.20 Å². The number of nitrogens with zero attached hydrogens (tertiary/aromatic N) is 4. The van der Waals surface area contributed by atoms with Crippen LogP contribution in [0, 0.1) is 18.8 Å². The maximum atomic E-state index is 13.1. The molecule has 1 N–H and O–H groups in total. The lowest BCUT2D eigenvalue weighted by molar-refractivity contribution is 0.105. The number of rotatable bonds is 3. The molecule has 7 rings (SSSR count). The van der Waals surface area contributed by atoms with Crippen molar-refractivity contribution in [3.8, 4) is 11.5 Å². The highest BCUT2D eigenvalue weighted by Gasteiger charge is 2.38. The minimum absolute atomic E-state index is 0.00765. The minimum atomic E-state index is 0.00765. The fraction of sp³-hybridized carbons (Fsp3) is 0.500. The molecule has 0 radical (unpaired) electrons. The van der Waals surface area contributed by atoms with Crippen molar-refractivity contribution in [2.45, 2.75) is 45.1 Å². The lowest BCUT2D eigenvalue weighted by atomic mass is 9.68. The number of nitrogens with one attached hydrogen (secondary N) is 1. The van der Waals surface area contributed by atoms with Gasteiger partial charge in [0.25, 0.3) is 0 Å². The van der Waals surface area contributed by atoms with Crippen molar-refractivity contribution in [2.24, 2.45) is 18.9 Å². The van der Waals surface area contributed by atoms with Crippen LogP contribution in [0.5, 0.6) is 11.5 Å². The summed E-state index contributed by atoms with van der Waals surface area (Å²) in [4.78, 5) is 22.4. The van der Waals surface area contributed by atoms with Crippen molar-refractivity contribution < 1.29 is 9.47 Å². The summed E-state index contributed by atoms with van der Waals surface area (Å²) < 4.78 is 14.5. The molecular weight excluding hydrogens is 382 g/mol. The van der Waals surface area contributed by atoms with Crippen molar-refractivity contribution in [1.82, 2.24) is 19.1 Å². The van der Waals surface area contributed by atoms with Crippen LogP contribution in [0.1, 0.15) is 43.7 Å². The maximum Gasteiger partial charge on any atom is 0.330 e. The van der Waals surface area contributed by atoms with E-state index in [0.717, 1.165) is 40.5 Å². The lowest BCUT2D eigenvalue weighted by Gasteiger charge is -2.42. The number of anilines is 2. The molecule has 0 saturated heterocycles. The second kappa shape index (κ2) is 6.48. The summed E-state index contributed by atoms with van der Waals surface area (Å²) in [5.74, 6) is 3.24. The highest BCUT2D eigenvalue weighted by molar-refractivity contribution is 5.74. The molecule has 2 bridgehead atoms. The predicted octanol–water partition coefficient (Wildman–Crippen LogP) is 3.66. The van der Waals surface area contributed by atoms with Crippen LogP contribution >= 0.6 is 0 Å². The Kier molecular flexibility index (Phi) is 3.85. The van der Waals surface area contributed by atoms with Gasteiger partial charge in [-0.15, -0.1) is 0 Å². The van der Waals surface area contributed by atoms with E-state index in [4.69, 9.17) is 14.5 Å². The van der Waals surface area contributed by atoms with Gasteiger partial charge in [-0.25, -0.2) is 9.78 Å². The number of aryl methyl sites for hydroxylation is 2. The van der Waals surface area contributed by atoms with Gasteiger partial charge in [0, 0.05) is 24.8 Å². The third kappa shape index (κ3) is 2.62. The van der Waals surface area contributed by atoms with Crippen LogP contribution in [0.15, 0.2) is 23.1 Å². The fourth-order valence-electron chi connectivity index (χ4n) is 5.45. The highest BCUT2D eigenvalue weighted by Crippen LogP contribution is 2.47. The summed E-state index contributed by atoms with van der Waals surface area (Å²) in [6.45, 7) is 2.24. The van der Waals surface area contributed by atoms with Crippen LogP contribution in [0.25, 0.3) is 11.2 Å². The van der Waals surface area contributed by atoms with E-state index in [2.05, 4.69) is 10.3 Å². The Balaban J connectivity index is 1.41. The van der Waals surface area contributed by atoms with E-state index < -0.39 is 0 Å². The van der Waals surface area contributed by atoms with E-state index in [1.165, 1.54) is 25.7 Å². The van der Waals surface area contributed by atoms with Crippen LogP contribution < -0.4 is 20.5 Å². The van der Waals surface area contributed by atoms with Gasteiger partial charge in [-0.1, -0.05) is 12.8 Å². The molecule has 1 unspecified atom stereocenters. The predicted molar refractivity (Wildman–Crippen MR) is 112 cm³/mol. The average molecular weight is 407 g/mol. The molecule has 3 fully saturated rings. The summed E-state index contributed by atoms with van der Waals surface area (Å²) >= 11 is 0. The number of hydrogen-bond donors (Lipinski definition) is 1. The van der Waals surface area contributed by atoms with Gasteiger partial charge in [-0.2, -0.15) is 4.98 Å². The van der Waals surface area contributed by atoms with E-state index in [1.54, 1.807) is 17.8 Å². The maximum absolute atomic E-state index is 13.1. The zero-order valence-corrected chi connectivity index (χ0v) is 17.2. The molecule has 156 valence electrons. The molecule has 8 heteroatoms. The third-order valence-corrected chi connectivity index (χ3v) is 7.14. The molecule has 1 aromatic carbocycles. The van der Waals surface area contributed by atoms with E-state index in [9.17, 15) is 4.79 Å². The first-order chi connectivity index (χ1) is 14.6. The summed E-state index contributed by atoms with van der Waals surface area (Å²) in [7, 11) is 1.81. The molecule has 4 aliphatic rings. The zero-order valence-electron chi connectivity index (χ0n) is 17.2. The quantitative estimate of drug-likeness (QED) is 0.713. The molecule has 0 spiro atoms. The van der Waals surface area contributed by atoms with E-state index in [-0.39, 0.29) is 18.5 Å². The highest BCUT2D eigenvalue weighted by atomic mass is 16.7. The van der Waals surface area contributed by atoms with E-state index in [0.29, 0.717) is 17.6 Å². The Morgan fingerprint density at radius 3 is 2.63 bits per heavy atom. The van der Waals surface area contributed by atoms with Gasteiger partial charge in [-0.3, -0.25) is 9.13 Å². The molecular formula is C22H25N5O3. The summed E-state index contributed by atoms with van der Waals surface area (Å²) in [6.07, 6.45) is 7.84. The molecule has 3 saturated carbocycles. The Morgan fingerprint density at radius 1 is 1.13 bits per heavy atom. The molecule has 1 aliphatic heterocycles. The standard InChI is InChI=1S/C22H25N5O3/c1-12-7-18-19(30-11-29-18)9-15(12)24-21-23-10-17-20(25-21)27(22(28)26(17)2)16-8-13-3-5-14(16)6-4-13/h7,9-10,13-14,16H,3-6,8,11H2,1-2H3,(H,23,24,25). The SMILES string of the molecule is Cc1cc2c(cc1Nc1ncc3c(n1)n(C1CC4CCC1CC4)c(=O)n3C)OCO2. The molecule has 8 nitrogen and oxygen atoms in total. The van der Waals surface area contributed by atoms with Crippen molar-refractivity contribution in [3.63, 3.8) is 0 Å². The van der Waals surface area contributed by atoms with E-state index >= 15 is 0 Å². The minimum Gasteiger partial charge on any atom is -0.454 e. The molecule has 30 heavy (non-hydrogen) atoms. The van der Waals surface area contributed by atoms with E-state index in [1.807, 2.05) is 23.6 Å². The molecule has 2 aromatic heterocycles. The van der Waals surface area contributed by atoms with Crippen LogP contribution in [0.4, 0.5) is 11.6 Å². The third-order valence-electron chi connectivity index (χ3n) is 7.14. The van der Waals surface area contributed by atoms with Crippen molar-refractivity contribution >= 4 is 22.8 Å². The average Bonchev–Trinajstić information content (AvgIpc) is 3.31. The summed E-state index contributed by atoms with van der Waals surface area (Å²) in [6, 6.07) is 4.09. The Bertz CT molecular complexity index is 1210. The van der Waals surface area contributed by atoms with Crippen molar-refractivity contribution in [1.29, 1.82) is 0 Å². The monoisotopic (exact) mass is 407 g/mol. The topological polar surface area (TPSA) is 83.2 Å². The number of ether oxygens (including phenoxy) is 2. The van der Waals surface area contributed by atoms with Crippen LogP contribution in [-0.2, 0) is 7.05 Å². The molecule has 0 amide bonds. The Labute approximate surface area is 173 Å². The van der Waals surface area contributed by atoms with Gasteiger partial charge < -0.3 is 14.8 Å². The first kappa shape index (κ1) is 17.8. The number of aromatic nitrogens is 4. The zero-order chi connectivity index (χ0) is 20.4. The van der Waals surface area contributed by atoms with Crippen LogP contribution in [-0.4, -0.2) is 25.9 Å². The number of imidazole rings is 1. The molecule has 3 aliphatic carbocycles. The van der Waals surface area contributed by atoms with Gasteiger partial charge in [0.2, 0.25) is 12.7 Å². The second-order valence-electron chi connectivity index (χ2n) is 8.84. The van der Waals surface area contributed by atoms with Gasteiger partial charge >= 0.3 is 5.69 Å². The summed E-state index contributed by atoms with van der Waals surface area (Å²) in [5, 5.41) is 3.30. The Hall–Kier alpha value is -3.03. The van der Waals surface area contributed by atoms with Gasteiger partial charge in [0.1, 0.15) is 5.52 Å². The first-order valence-electron chi connectivity index (χ1n) is 10.7. The van der Waals surface area contributed by atoms with Gasteiger partial charge in [0.15, 0.2) is 17.1 Å². The number of fused-ring (bicyclic) bond motifs is 5. The summed E-state index contributed by atoms with van der Waals surface area (Å²) in [5.41, 5.74) is 3.37. The Morgan fingerprint density at radius 2 is 1.90 bits per heavy atom. The first-order valence-corrected chi connectivity index (χ1v) is 10.7. The van der Waals surface area contributed by atoms with Crippen LogP contribution in [0.3, 0.4) is 0 Å². The number of hydrogen-bond acceptors (Lipinski definition) is 6. The smallest absolute Gasteiger partial charge is 0.330 e. The number of benzene rings is 1. The normalized spacial score (nSPS) is 24.5. The largest absolute Gasteiger partial charge is 0.454 e. The van der Waals surface area contributed by atoms with Crippen molar-refractivity contribution in [2.75, 3.05) is 12.1 Å². The second-order valence-corrected chi connectivity index (χ2v) is 8.84. The molecule has 3 aromatic rings.